The Kier molecular flexibility index (Phi) is 6.54. The first-order valence-corrected chi connectivity index (χ1v) is 12.1. The number of benzene rings is 3. The van der Waals surface area contributed by atoms with E-state index in [2.05, 4.69) is 0 Å². The zero-order chi connectivity index (χ0) is 26.1. The summed E-state index contributed by atoms with van der Waals surface area (Å²) in [6, 6.07) is 18.7. The average Bonchev–Trinajstić information content (AvgIpc) is 3.29. The van der Waals surface area contributed by atoms with Crippen molar-refractivity contribution in [1.29, 1.82) is 0 Å². The summed E-state index contributed by atoms with van der Waals surface area (Å²) < 4.78 is 0. The first-order valence-electron chi connectivity index (χ1n) is 11.7. The number of non-ortho nitro benzene ring substituents is 2. The number of nitro groups is 2. The molecule has 9 nitrogen and oxygen atoms in total. The topological polar surface area (TPSA) is 119 Å². The summed E-state index contributed by atoms with van der Waals surface area (Å²) in [5, 5.41) is 28.9. The molecule has 3 aromatic carbocycles. The van der Waals surface area contributed by atoms with E-state index in [9.17, 15) is 25.0 Å². The van der Waals surface area contributed by atoms with Crippen molar-refractivity contribution in [3.63, 3.8) is 0 Å². The number of nitro benzene ring substituents is 2. The van der Waals surface area contributed by atoms with E-state index < -0.39 is 15.9 Å². The van der Waals surface area contributed by atoms with Gasteiger partial charge in [0, 0.05) is 40.8 Å². The van der Waals surface area contributed by atoms with Crippen molar-refractivity contribution in [2.75, 3.05) is 0 Å². The maximum atomic E-state index is 13.6. The fourth-order valence-electron chi connectivity index (χ4n) is 4.94. The van der Waals surface area contributed by atoms with Crippen LogP contribution in [0.1, 0.15) is 46.8 Å². The number of fused-ring (bicyclic) bond motifs is 1. The Balaban J connectivity index is 1.56. The summed E-state index contributed by atoms with van der Waals surface area (Å²) in [5.74, 6) is -0.426. The number of nitrogens with zero attached hydrogens (tertiary/aromatic N) is 4. The fraction of sp³-hybridized carbons (Fsp3) is 0.185. The number of halogens is 1. The number of hydrazone groups is 1. The van der Waals surface area contributed by atoms with Gasteiger partial charge in [-0.2, -0.15) is 5.10 Å². The van der Waals surface area contributed by atoms with Crippen LogP contribution >= 0.6 is 11.6 Å². The summed E-state index contributed by atoms with van der Waals surface area (Å²) in [6.45, 7) is 0. The zero-order valence-corrected chi connectivity index (χ0v) is 20.2. The number of amides is 1. The molecule has 0 aromatic heterocycles. The lowest BCUT2D eigenvalue weighted by molar-refractivity contribution is -0.385. The average molecular weight is 517 g/mol. The van der Waals surface area contributed by atoms with Crippen LogP contribution in [0.3, 0.4) is 0 Å². The molecule has 1 saturated carbocycles. The van der Waals surface area contributed by atoms with Crippen molar-refractivity contribution in [2.45, 2.75) is 25.3 Å². The van der Waals surface area contributed by atoms with Crippen molar-refractivity contribution in [3.05, 3.63) is 120 Å². The second-order valence-corrected chi connectivity index (χ2v) is 9.39. The molecule has 0 radical (unpaired) electrons. The van der Waals surface area contributed by atoms with Crippen LogP contribution < -0.4 is 0 Å². The Morgan fingerprint density at radius 2 is 1.62 bits per heavy atom. The smallest absolute Gasteiger partial charge is 0.267 e. The lowest BCUT2D eigenvalue weighted by atomic mass is 9.77. The highest BCUT2D eigenvalue weighted by Gasteiger charge is 2.44. The van der Waals surface area contributed by atoms with Crippen LogP contribution in [-0.4, -0.2) is 26.5 Å². The quantitative estimate of drug-likeness (QED) is 0.280. The van der Waals surface area contributed by atoms with Gasteiger partial charge in [0.15, 0.2) is 0 Å². The predicted molar refractivity (Wildman–Crippen MR) is 139 cm³/mol. The summed E-state index contributed by atoms with van der Waals surface area (Å²) in [4.78, 5) is 34.9. The molecule has 37 heavy (non-hydrogen) atoms. The van der Waals surface area contributed by atoms with Gasteiger partial charge >= 0.3 is 0 Å². The van der Waals surface area contributed by atoms with Gasteiger partial charge in [-0.15, -0.1) is 0 Å². The molecule has 0 N–H and O–H groups in total. The third-order valence-corrected chi connectivity index (χ3v) is 6.91. The SMILES string of the molecule is O=C(c1cccc(Cl)c1)N1N=C2/C(=C/c3ccc([N+](=O)[O-])cc3)CCC[C@H]2[C@@H]1c1ccc([N+](=O)[O-])cc1. The number of rotatable bonds is 5. The minimum absolute atomic E-state index is 0.0124. The molecule has 1 amide bonds. The van der Waals surface area contributed by atoms with Crippen molar-refractivity contribution >= 4 is 40.7 Å². The van der Waals surface area contributed by atoms with Crippen molar-refractivity contribution in [3.8, 4) is 0 Å². The molecule has 2 atom stereocenters. The van der Waals surface area contributed by atoms with Crippen molar-refractivity contribution in [1.82, 2.24) is 5.01 Å². The highest BCUT2D eigenvalue weighted by Crippen LogP contribution is 2.45. The van der Waals surface area contributed by atoms with E-state index in [1.807, 2.05) is 6.08 Å². The Morgan fingerprint density at radius 3 is 2.24 bits per heavy atom. The number of allylic oxidation sites excluding steroid dienone is 1. The van der Waals surface area contributed by atoms with Gasteiger partial charge in [0.2, 0.25) is 0 Å². The highest BCUT2D eigenvalue weighted by atomic mass is 35.5. The molecule has 1 heterocycles. The van der Waals surface area contributed by atoms with Crippen LogP contribution in [0.5, 0.6) is 0 Å². The zero-order valence-electron chi connectivity index (χ0n) is 19.5. The third-order valence-electron chi connectivity index (χ3n) is 6.67. The lowest BCUT2D eigenvalue weighted by Gasteiger charge is -2.29. The Labute approximate surface area is 217 Å². The van der Waals surface area contributed by atoms with Gasteiger partial charge in [0.1, 0.15) is 0 Å². The number of carbonyl (C=O) groups is 1. The molecule has 1 aliphatic carbocycles. The van der Waals surface area contributed by atoms with Gasteiger partial charge < -0.3 is 0 Å². The largest absolute Gasteiger partial charge is 0.274 e. The second kappa shape index (κ2) is 9.94. The predicted octanol–water partition coefficient (Wildman–Crippen LogP) is 6.59. The van der Waals surface area contributed by atoms with Crippen LogP contribution in [0.25, 0.3) is 6.08 Å². The van der Waals surface area contributed by atoms with Crippen molar-refractivity contribution < 1.29 is 14.6 Å². The second-order valence-electron chi connectivity index (χ2n) is 8.96. The molecule has 186 valence electrons. The Bertz CT molecular complexity index is 1450. The molecule has 0 unspecified atom stereocenters. The molecule has 2 aliphatic rings. The summed E-state index contributed by atoms with van der Waals surface area (Å²) >= 11 is 6.14. The van der Waals surface area contributed by atoms with Crippen molar-refractivity contribution in [2.24, 2.45) is 11.0 Å². The molecular weight excluding hydrogens is 496 g/mol. The number of hydrogen-bond donors (Lipinski definition) is 0. The standard InChI is InChI=1S/C27H21ClN4O5/c28-21-5-1-4-20(16-21)27(33)30-26(18-9-13-23(14-10-18)32(36)37)24-6-2-3-19(25(24)29-30)15-17-7-11-22(12-8-17)31(34)35/h1,4-5,7-16,24,26H,2-3,6H2/b19-15+/t24-,26+/m1/s1. The van der Waals surface area contributed by atoms with E-state index in [1.54, 1.807) is 48.5 Å². The van der Waals surface area contributed by atoms with Crippen LogP contribution in [0.4, 0.5) is 11.4 Å². The molecule has 5 rings (SSSR count). The normalized spacial score (nSPS) is 19.9. The molecule has 10 heteroatoms. The van der Waals surface area contributed by atoms with Gasteiger partial charge in [0.05, 0.1) is 21.6 Å². The molecule has 1 aliphatic heterocycles. The van der Waals surface area contributed by atoms with E-state index in [0.717, 1.165) is 41.7 Å². The van der Waals surface area contributed by atoms with Crippen LogP contribution in [0.15, 0.2) is 83.5 Å². The van der Waals surface area contributed by atoms with Gasteiger partial charge in [0.25, 0.3) is 17.3 Å². The van der Waals surface area contributed by atoms with Gasteiger partial charge in [-0.3, -0.25) is 25.0 Å². The van der Waals surface area contributed by atoms with E-state index >= 15 is 0 Å². The monoisotopic (exact) mass is 516 g/mol. The first-order chi connectivity index (χ1) is 17.8. The maximum absolute atomic E-state index is 13.6. The minimum Gasteiger partial charge on any atom is -0.267 e. The molecule has 0 saturated heterocycles. The van der Waals surface area contributed by atoms with E-state index in [0.29, 0.717) is 10.6 Å². The van der Waals surface area contributed by atoms with E-state index in [4.69, 9.17) is 16.7 Å². The van der Waals surface area contributed by atoms with Gasteiger partial charge in [-0.05, 0) is 72.4 Å². The molecule has 1 fully saturated rings. The van der Waals surface area contributed by atoms with Crippen LogP contribution in [0, 0.1) is 26.1 Å². The van der Waals surface area contributed by atoms with Gasteiger partial charge in [-0.25, -0.2) is 5.01 Å². The summed E-state index contributed by atoms with van der Waals surface area (Å²) in [7, 11) is 0. The number of carbonyl (C=O) groups excluding carboxylic acids is 1. The van der Waals surface area contributed by atoms with E-state index in [-0.39, 0.29) is 23.2 Å². The molecule has 3 aromatic rings. The Morgan fingerprint density at radius 1 is 0.973 bits per heavy atom. The van der Waals surface area contributed by atoms with Crippen LogP contribution in [0.2, 0.25) is 5.02 Å². The molecule has 0 bridgehead atoms. The lowest BCUT2D eigenvalue weighted by Crippen LogP contribution is -2.31. The Hall–Kier alpha value is -4.37. The van der Waals surface area contributed by atoms with Gasteiger partial charge in [-0.1, -0.05) is 29.8 Å². The first kappa shape index (κ1) is 24.3. The highest BCUT2D eigenvalue weighted by molar-refractivity contribution is 6.31. The molecule has 0 spiro atoms. The maximum Gasteiger partial charge on any atom is 0.274 e. The number of hydrogen-bond acceptors (Lipinski definition) is 6. The molecular formula is C27H21ClN4O5. The van der Waals surface area contributed by atoms with Crippen LogP contribution in [-0.2, 0) is 0 Å². The summed E-state index contributed by atoms with van der Waals surface area (Å²) in [6.07, 6.45) is 4.36. The summed E-state index contributed by atoms with van der Waals surface area (Å²) in [5.41, 5.74) is 3.67. The van der Waals surface area contributed by atoms with E-state index in [1.165, 1.54) is 29.3 Å². The minimum atomic E-state index is -0.457. The third kappa shape index (κ3) is 4.85. The fourth-order valence-corrected chi connectivity index (χ4v) is 5.13.